The zero-order valence-corrected chi connectivity index (χ0v) is 13.4. The summed E-state index contributed by atoms with van der Waals surface area (Å²) in [5.74, 6) is -0.543. The molecule has 0 fully saturated rings. The summed E-state index contributed by atoms with van der Waals surface area (Å²) in [4.78, 5) is 10.9. The van der Waals surface area contributed by atoms with Gasteiger partial charge in [0, 0.05) is 0 Å². The number of aromatic hydroxyl groups is 1. The Labute approximate surface area is 121 Å². The lowest BCUT2D eigenvalue weighted by Gasteiger charge is -2.26. The number of phenols is 1. The van der Waals surface area contributed by atoms with E-state index in [1.165, 1.54) is 0 Å². The Balaban J connectivity index is 3.38. The summed E-state index contributed by atoms with van der Waals surface area (Å²) in [7, 11) is 0. The van der Waals surface area contributed by atoms with Gasteiger partial charge >= 0.3 is 5.97 Å². The van der Waals surface area contributed by atoms with Crippen LogP contribution in [0.5, 0.6) is 5.75 Å². The highest BCUT2D eigenvalue weighted by Gasteiger charge is 2.24. The van der Waals surface area contributed by atoms with Crippen molar-refractivity contribution >= 4 is 5.97 Å². The van der Waals surface area contributed by atoms with Gasteiger partial charge in [0.25, 0.3) is 0 Å². The number of carbonyl (C=O) groups is 1. The Morgan fingerprint density at radius 3 is 2.05 bits per heavy atom. The minimum absolute atomic E-state index is 0.0134. The van der Waals surface area contributed by atoms with Crippen LogP contribution in [0.3, 0.4) is 0 Å². The first-order valence-corrected chi connectivity index (χ1v) is 6.97. The highest BCUT2D eigenvalue weighted by molar-refractivity contribution is 5.70. The van der Waals surface area contributed by atoms with Gasteiger partial charge in [0.2, 0.25) is 0 Å². The van der Waals surface area contributed by atoms with E-state index < -0.39 is 5.97 Å². The van der Waals surface area contributed by atoms with Crippen LogP contribution in [0.25, 0.3) is 0 Å². The Morgan fingerprint density at radius 1 is 1.10 bits per heavy atom. The van der Waals surface area contributed by atoms with Gasteiger partial charge in [-0.3, -0.25) is 4.79 Å². The second-order valence-corrected chi connectivity index (χ2v) is 7.71. The van der Waals surface area contributed by atoms with E-state index in [1.807, 2.05) is 32.9 Å². The van der Waals surface area contributed by atoms with Gasteiger partial charge in [-0.2, -0.15) is 0 Å². The van der Waals surface area contributed by atoms with Crippen LogP contribution in [-0.4, -0.2) is 16.2 Å². The predicted molar refractivity (Wildman–Crippen MR) is 81.3 cm³/mol. The number of benzene rings is 1. The molecule has 20 heavy (non-hydrogen) atoms. The molecule has 0 aliphatic rings. The maximum Gasteiger partial charge on any atom is 0.307 e. The van der Waals surface area contributed by atoms with Crippen LogP contribution >= 0.6 is 0 Å². The average Bonchev–Trinajstić information content (AvgIpc) is 2.17. The number of hydrogen-bond acceptors (Lipinski definition) is 2. The summed E-state index contributed by atoms with van der Waals surface area (Å²) in [5.41, 5.74) is 2.22. The van der Waals surface area contributed by atoms with Crippen molar-refractivity contribution < 1.29 is 15.0 Å². The van der Waals surface area contributed by atoms with E-state index in [0.29, 0.717) is 5.75 Å². The molecule has 0 aromatic heterocycles. The smallest absolute Gasteiger partial charge is 0.307 e. The lowest BCUT2D eigenvalue weighted by Crippen LogP contribution is -2.16. The quantitative estimate of drug-likeness (QED) is 0.881. The molecule has 0 aliphatic heterocycles. The molecule has 0 bridgehead atoms. The zero-order valence-electron chi connectivity index (χ0n) is 13.4. The van der Waals surface area contributed by atoms with E-state index in [1.54, 1.807) is 0 Å². The van der Waals surface area contributed by atoms with Crippen molar-refractivity contribution in [3.05, 3.63) is 28.8 Å². The summed E-state index contributed by atoms with van der Waals surface area (Å²) >= 11 is 0. The maximum atomic E-state index is 10.9. The SMILES string of the molecule is CC(C)(C)Cc1cc(CC(=O)O)cc(C(C)(C)C)c1O. The maximum absolute atomic E-state index is 10.9. The van der Waals surface area contributed by atoms with Crippen molar-refractivity contribution in [2.45, 2.75) is 59.8 Å². The standard InChI is InChI=1S/C17H26O3/c1-16(2,3)10-12-7-11(9-14(18)19)8-13(15(12)20)17(4,5)6/h7-8,20H,9-10H2,1-6H3,(H,18,19). The molecular formula is C17H26O3. The first kappa shape index (κ1) is 16.5. The molecule has 1 aromatic carbocycles. The summed E-state index contributed by atoms with van der Waals surface area (Å²) in [6.45, 7) is 12.4. The predicted octanol–water partition coefficient (Wildman–Crippen LogP) is 3.91. The van der Waals surface area contributed by atoms with Crippen molar-refractivity contribution in [3.8, 4) is 5.75 Å². The van der Waals surface area contributed by atoms with E-state index in [9.17, 15) is 9.90 Å². The molecule has 0 spiro atoms. The van der Waals surface area contributed by atoms with Crippen molar-refractivity contribution in [2.24, 2.45) is 5.41 Å². The van der Waals surface area contributed by atoms with E-state index in [-0.39, 0.29) is 17.3 Å². The molecule has 1 rings (SSSR count). The van der Waals surface area contributed by atoms with E-state index >= 15 is 0 Å². The Hall–Kier alpha value is -1.51. The largest absolute Gasteiger partial charge is 0.507 e. The Kier molecular flexibility index (Phi) is 4.52. The van der Waals surface area contributed by atoms with Crippen LogP contribution < -0.4 is 0 Å². The number of aliphatic carboxylic acids is 1. The van der Waals surface area contributed by atoms with E-state index in [0.717, 1.165) is 23.1 Å². The molecule has 3 heteroatoms. The van der Waals surface area contributed by atoms with E-state index in [4.69, 9.17) is 5.11 Å². The Morgan fingerprint density at radius 2 is 1.65 bits per heavy atom. The van der Waals surface area contributed by atoms with Crippen LogP contribution in [-0.2, 0) is 23.1 Å². The van der Waals surface area contributed by atoms with Crippen LogP contribution in [0.2, 0.25) is 0 Å². The number of carboxylic acids is 1. The van der Waals surface area contributed by atoms with E-state index in [2.05, 4.69) is 20.8 Å². The summed E-state index contributed by atoms with van der Waals surface area (Å²) in [5, 5.41) is 19.5. The number of rotatable bonds is 3. The first-order valence-electron chi connectivity index (χ1n) is 6.97. The van der Waals surface area contributed by atoms with Gasteiger partial charge in [0.1, 0.15) is 5.75 Å². The van der Waals surface area contributed by atoms with Crippen molar-refractivity contribution in [2.75, 3.05) is 0 Å². The second kappa shape index (κ2) is 5.47. The third-order valence-electron chi connectivity index (χ3n) is 3.13. The van der Waals surface area contributed by atoms with Crippen LogP contribution in [0.4, 0.5) is 0 Å². The van der Waals surface area contributed by atoms with Crippen molar-refractivity contribution in [3.63, 3.8) is 0 Å². The topological polar surface area (TPSA) is 57.5 Å². The first-order chi connectivity index (χ1) is 8.90. The molecule has 0 saturated carbocycles. The molecule has 1 aromatic rings. The van der Waals surface area contributed by atoms with Crippen LogP contribution in [0.15, 0.2) is 12.1 Å². The molecule has 0 radical (unpaired) electrons. The molecule has 0 atom stereocenters. The summed E-state index contributed by atoms with van der Waals surface area (Å²) < 4.78 is 0. The van der Waals surface area contributed by atoms with Gasteiger partial charge in [-0.15, -0.1) is 0 Å². The fraction of sp³-hybridized carbons (Fsp3) is 0.588. The average molecular weight is 278 g/mol. The third-order valence-corrected chi connectivity index (χ3v) is 3.13. The molecule has 0 saturated heterocycles. The molecule has 112 valence electrons. The van der Waals surface area contributed by atoms with Crippen molar-refractivity contribution in [1.29, 1.82) is 0 Å². The number of hydrogen-bond donors (Lipinski definition) is 2. The van der Waals surface area contributed by atoms with Gasteiger partial charge in [0.05, 0.1) is 6.42 Å². The monoisotopic (exact) mass is 278 g/mol. The molecule has 2 N–H and O–H groups in total. The molecular weight excluding hydrogens is 252 g/mol. The molecule has 0 aliphatic carbocycles. The number of carboxylic acid groups (broad SMARTS) is 1. The molecule has 0 heterocycles. The minimum atomic E-state index is -0.850. The van der Waals surface area contributed by atoms with Gasteiger partial charge in [-0.1, -0.05) is 53.7 Å². The van der Waals surface area contributed by atoms with Gasteiger partial charge in [0.15, 0.2) is 0 Å². The zero-order chi connectivity index (χ0) is 15.7. The lowest BCUT2D eigenvalue weighted by molar-refractivity contribution is -0.136. The minimum Gasteiger partial charge on any atom is -0.507 e. The molecule has 0 unspecified atom stereocenters. The third kappa shape index (κ3) is 4.55. The highest BCUT2D eigenvalue weighted by atomic mass is 16.4. The summed E-state index contributed by atoms with van der Waals surface area (Å²) in [6.07, 6.45) is 0.704. The van der Waals surface area contributed by atoms with Gasteiger partial charge < -0.3 is 10.2 Å². The van der Waals surface area contributed by atoms with Crippen LogP contribution in [0.1, 0.15) is 58.2 Å². The summed E-state index contributed by atoms with van der Waals surface area (Å²) in [6, 6.07) is 3.64. The fourth-order valence-corrected chi connectivity index (χ4v) is 2.32. The normalized spacial score (nSPS) is 12.5. The highest BCUT2D eigenvalue weighted by Crippen LogP contribution is 2.37. The fourth-order valence-electron chi connectivity index (χ4n) is 2.32. The second-order valence-electron chi connectivity index (χ2n) is 7.71. The molecule has 0 amide bonds. The molecule has 3 nitrogen and oxygen atoms in total. The lowest BCUT2D eigenvalue weighted by atomic mass is 9.80. The van der Waals surface area contributed by atoms with Gasteiger partial charge in [-0.05, 0) is 33.9 Å². The van der Waals surface area contributed by atoms with Gasteiger partial charge in [-0.25, -0.2) is 0 Å². The number of phenolic OH excluding ortho intramolecular Hbond substituents is 1. The Bertz CT molecular complexity index is 502. The van der Waals surface area contributed by atoms with Crippen molar-refractivity contribution in [1.82, 2.24) is 0 Å². The van der Waals surface area contributed by atoms with Crippen LogP contribution in [0, 0.1) is 5.41 Å².